The van der Waals surface area contributed by atoms with Crippen LogP contribution in [0.4, 0.5) is 0 Å². The largest absolute Gasteiger partial charge is 0.357 e. The summed E-state index contributed by atoms with van der Waals surface area (Å²) >= 11 is 0. The summed E-state index contributed by atoms with van der Waals surface area (Å²) < 4.78 is 1.92. The summed E-state index contributed by atoms with van der Waals surface area (Å²) in [4.78, 5) is 4.65. The molecule has 0 saturated carbocycles. The second-order valence-electron chi connectivity index (χ2n) is 5.31. The Hall–Kier alpha value is -1.05. The third-order valence-electron chi connectivity index (χ3n) is 3.62. The topological polar surface area (TPSA) is 54.2 Å². The van der Waals surface area contributed by atoms with Gasteiger partial charge < -0.3 is 10.6 Å². The van der Waals surface area contributed by atoms with Crippen LogP contribution in [-0.4, -0.2) is 35.4 Å². The van der Waals surface area contributed by atoms with Gasteiger partial charge in [0.25, 0.3) is 0 Å². The lowest BCUT2D eigenvalue weighted by Gasteiger charge is -2.13. The first-order valence-electron chi connectivity index (χ1n) is 8.06. The molecule has 2 rings (SSSR count). The van der Waals surface area contributed by atoms with Gasteiger partial charge in [-0.05, 0) is 45.1 Å². The van der Waals surface area contributed by atoms with Crippen LogP contribution in [0.2, 0.25) is 0 Å². The lowest BCUT2D eigenvalue weighted by atomic mass is 9.97. The fraction of sp³-hybridized carbons (Fsp3) is 0.625. The Morgan fingerprint density at radius 1 is 1.36 bits per heavy atom. The van der Waals surface area contributed by atoms with Crippen LogP contribution in [0.15, 0.2) is 35.1 Å². The van der Waals surface area contributed by atoms with Gasteiger partial charge in [-0.1, -0.05) is 11.6 Å². The molecular weight excluding hydrogens is 389 g/mol. The predicted molar refractivity (Wildman–Crippen MR) is 103 cm³/mol. The van der Waals surface area contributed by atoms with E-state index in [2.05, 4.69) is 33.7 Å². The first-order chi connectivity index (χ1) is 10.4. The SMILES string of the molecule is CCNC(=NCCC1=CCCCC1)NCCn1cccn1.I. The van der Waals surface area contributed by atoms with Gasteiger partial charge in [0.15, 0.2) is 5.96 Å². The Morgan fingerprint density at radius 2 is 2.27 bits per heavy atom. The van der Waals surface area contributed by atoms with E-state index in [0.29, 0.717) is 0 Å². The summed E-state index contributed by atoms with van der Waals surface area (Å²) in [7, 11) is 0. The Kier molecular flexibility index (Phi) is 9.94. The van der Waals surface area contributed by atoms with Gasteiger partial charge >= 0.3 is 0 Å². The van der Waals surface area contributed by atoms with Crippen molar-refractivity contribution in [3.63, 3.8) is 0 Å². The van der Waals surface area contributed by atoms with Crippen molar-refractivity contribution in [2.45, 2.75) is 45.6 Å². The minimum Gasteiger partial charge on any atom is -0.357 e. The minimum atomic E-state index is 0. The van der Waals surface area contributed by atoms with Crippen LogP contribution in [0.3, 0.4) is 0 Å². The van der Waals surface area contributed by atoms with Gasteiger partial charge in [-0.15, -0.1) is 24.0 Å². The summed E-state index contributed by atoms with van der Waals surface area (Å²) in [5.41, 5.74) is 1.58. The molecule has 1 aromatic rings. The lowest BCUT2D eigenvalue weighted by Crippen LogP contribution is -2.39. The average molecular weight is 417 g/mol. The lowest BCUT2D eigenvalue weighted by molar-refractivity contribution is 0.597. The molecule has 6 heteroatoms. The van der Waals surface area contributed by atoms with Gasteiger partial charge in [0, 0.05) is 32.0 Å². The summed E-state index contributed by atoms with van der Waals surface area (Å²) in [5, 5.41) is 10.8. The maximum absolute atomic E-state index is 4.65. The van der Waals surface area contributed by atoms with Crippen LogP contribution < -0.4 is 10.6 Å². The van der Waals surface area contributed by atoms with Crippen molar-refractivity contribution in [1.82, 2.24) is 20.4 Å². The minimum absolute atomic E-state index is 0. The van der Waals surface area contributed by atoms with E-state index in [-0.39, 0.29) is 24.0 Å². The average Bonchev–Trinajstić information content (AvgIpc) is 3.02. The number of halogens is 1. The van der Waals surface area contributed by atoms with Crippen molar-refractivity contribution in [3.05, 3.63) is 30.1 Å². The van der Waals surface area contributed by atoms with Crippen molar-refractivity contribution >= 4 is 29.9 Å². The number of guanidine groups is 1. The fourth-order valence-corrected chi connectivity index (χ4v) is 2.51. The molecule has 0 atom stereocenters. The van der Waals surface area contributed by atoms with E-state index < -0.39 is 0 Å². The number of allylic oxidation sites excluding steroid dienone is 1. The van der Waals surface area contributed by atoms with Crippen molar-refractivity contribution in [2.75, 3.05) is 19.6 Å². The maximum atomic E-state index is 4.65. The number of aliphatic imine (C=N–C) groups is 1. The van der Waals surface area contributed by atoms with Gasteiger partial charge in [0.05, 0.1) is 6.54 Å². The monoisotopic (exact) mass is 417 g/mol. The second-order valence-corrected chi connectivity index (χ2v) is 5.31. The standard InChI is InChI=1S/C16H27N5.HI/c1-2-17-16(19-12-14-21-13-6-10-20-21)18-11-9-15-7-4-3-5-8-15;/h6-7,10,13H,2-5,8-9,11-12,14H2,1H3,(H2,17,18,19);1H. The van der Waals surface area contributed by atoms with E-state index in [9.17, 15) is 0 Å². The van der Waals surface area contributed by atoms with Crippen LogP contribution >= 0.6 is 24.0 Å². The molecule has 0 fully saturated rings. The van der Waals surface area contributed by atoms with Crippen molar-refractivity contribution in [2.24, 2.45) is 4.99 Å². The summed E-state index contributed by atoms with van der Waals surface area (Å²) in [5.74, 6) is 0.904. The van der Waals surface area contributed by atoms with Crippen molar-refractivity contribution < 1.29 is 0 Å². The Morgan fingerprint density at radius 3 is 2.95 bits per heavy atom. The first-order valence-corrected chi connectivity index (χ1v) is 8.06. The first kappa shape index (κ1) is 19.0. The summed E-state index contributed by atoms with van der Waals surface area (Å²) in [6, 6.07) is 1.94. The molecule has 5 nitrogen and oxygen atoms in total. The molecule has 1 aromatic heterocycles. The van der Waals surface area contributed by atoms with Crippen LogP contribution in [0.5, 0.6) is 0 Å². The number of hydrogen-bond acceptors (Lipinski definition) is 2. The van der Waals surface area contributed by atoms with Crippen LogP contribution in [0.25, 0.3) is 0 Å². The normalized spacial score (nSPS) is 15.0. The van der Waals surface area contributed by atoms with Crippen molar-refractivity contribution in [1.29, 1.82) is 0 Å². The maximum Gasteiger partial charge on any atom is 0.191 e. The number of nitrogens with one attached hydrogen (secondary N) is 2. The van der Waals surface area contributed by atoms with E-state index in [0.717, 1.165) is 38.6 Å². The highest BCUT2D eigenvalue weighted by Crippen LogP contribution is 2.19. The third kappa shape index (κ3) is 7.29. The van der Waals surface area contributed by atoms with Crippen molar-refractivity contribution in [3.8, 4) is 0 Å². The molecule has 0 amide bonds. The van der Waals surface area contributed by atoms with E-state index in [1.807, 2.05) is 16.9 Å². The summed E-state index contributed by atoms with van der Waals surface area (Å²) in [6.07, 6.45) is 12.5. The summed E-state index contributed by atoms with van der Waals surface area (Å²) in [6.45, 7) is 5.52. The number of aromatic nitrogens is 2. The molecule has 0 radical (unpaired) electrons. The highest BCUT2D eigenvalue weighted by Gasteiger charge is 2.03. The zero-order chi connectivity index (χ0) is 14.8. The zero-order valence-corrected chi connectivity index (χ0v) is 15.8. The molecule has 124 valence electrons. The van der Waals surface area contributed by atoms with E-state index in [1.54, 1.807) is 11.8 Å². The number of rotatable bonds is 7. The third-order valence-corrected chi connectivity index (χ3v) is 3.62. The molecule has 0 saturated heterocycles. The Labute approximate surface area is 150 Å². The van der Waals surface area contributed by atoms with Crippen LogP contribution in [0, 0.1) is 0 Å². The van der Waals surface area contributed by atoms with Crippen LogP contribution in [-0.2, 0) is 6.54 Å². The highest BCUT2D eigenvalue weighted by atomic mass is 127. The number of nitrogens with zero attached hydrogens (tertiary/aromatic N) is 3. The molecule has 2 N–H and O–H groups in total. The van der Waals surface area contributed by atoms with Gasteiger partial charge in [-0.2, -0.15) is 5.10 Å². The molecule has 22 heavy (non-hydrogen) atoms. The van der Waals surface area contributed by atoms with E-state index in [1.165, 1.54) is 25.7 Å². The van der Waals surface area contributed by atoms with Crippen LogP contribution in [0.1, 0.15) is 39.0 Å². The van der Waals surface area contributed by atoms with E-state index >= 15 is 0 Å². The zero-order valence-electron chi connectivity index (χ0n) is 13.4. The molecule has 0 bridgehead atoms. The molecule has 1 heterocycles. The number of hydrogen-bond donors (Lipinski definition) is 2. The van der Waals surface area contributed by atoms with Gasteiger partial charge in [0.2, 0.25) is 0 Å². The van der Waals surface area contributed by atoms with Gasteiger partial charge in [-0.3, -0.25) is 9.67 Å². The molecule has 1 aliphatic rings. The molecule has 0 unspecified atom stereocenters. The molecule has 1 aliphatic carbocycles. The quantitative estimate of drug-likeness (QED) is 0.311. The highest BCUT2D eigenvalue weighted by molar-refractivity contribution is 14.0. The molecule has 0 aromatic carbocycles. The Balaban J connectivity index is 0.00000242. The smallest absolute Gasteiger partial charge is 0.191 e. The molecular formula is C16H28IN5. The molecule has 0 aliphatic heterocycles. The Bertz CT molecular complexity index is 453. The van der Waals surface area contributed by atoms with Gasteiger partial charge in [0.1, 0.15) is 0 Å². The van der Waals surface area contributed by atoms with E-state index in [4.69, 9.17) is 0 Å². The fourth-order valence-electron chi connectivity index (χ4n) is 2.51. The molecule has 0 spiro atoms. The van der Waals surface area contributed by atoms with Gasteiger partial charge in [-0.25, -0.2) is 0 Å². The predicted octanol–water partition coefficient (Wildman–Crippen LogP) is 2.95. The second kappa shape index (κ2) is 11.5.